The maximum atomic E-state index is 5.13. The summed E-state index contributed by atoms with van der Waals surface area (Å²) >= 11 is 0. The van der Waals surface area contributed by atoms with Crippen molar-refractivity contribution in [3.05, 3.63) is 54.4 Å². The number of nitrogens with zero attached hydrogens (tertiary/aromatic N) is 2. The quantitative estimate of drug-likeness (QED) is 0.734. The fourth-order valence-corrected chi connectivity index (χ4v) is 2.03. The number of H-pyrrole nitrogens is 1. The van der Waals surface area contributed by atoms with Gasteiger partial charge in [0.1, 0.15) is 5.75 Å². The lowest BCUT2D eigenvalue weighted by Gasteiger charge is -2.00. The van der Waals surface area contributed by atoms with Gasteiger partial charge in [-0.15, -0.1) is 0 Å². The second-order valence-corrected chi connectivity index (χ2v) is 4.50. The van der Waals surface area contributed by atoms with Crippen molar-refractivity contribution in [3.63, 3.8) is 0 Å². The average Bonchev–Trinajstić information content (AvgIpc) is 2.92. The Morgan fingerprint density at radius 3 is 2.55 bits per heavy atom. The number of fused-ring (bicyclic) bond motifs is 1. The number of nitrogens with one attached hydrogen (secondary N) is 1. The highest BCUT2D eigenvalue weighted by Gasteiger charge is 2.05. The van der Waals surface area contributed by atoms with Gasteiger partial charge < -0.3 is 9.72 Å². The summed E-state index contributed by atoms with van der Waals surface area (Å²) in [6.07, 6.45) is 0. The summed E-state index contributed by atoms with van der Waals surface area (Å²) in [6, 6.07) is 15.6. The highest BCUT2D eigenvalue weighted by atomic mass is 16.5. The predicted octanol–water partition coefficient (Wildman–Crippen LogP) is 3.71. The van der Waals surface area contributed by atoms with Crippen LogP contribution >= 0.6 is 0 Å². The summed E-state index contributed by atoms with van der Waals surface area (Å²) in [7, 11) is 1.65. The molecule has 3 aromatic rings. The molecular formula is C16H15N3O. The zero-order chi connectivity index (χ0) is 13.9. The summed E-state index contributed by atoms with van der Waals surface area (Å²) in [6.45, 7) is 1.95. The van der Waals surface area contributed by atoms with E-state index < -0.39 is 0 Å². The molecule has 0 saturated carbocycles. The van der Waals surface area contributed by atoms with Crippen LogP contribution in [0, 0.1) is 0 Å². The Kier molecular flexibility index (Phi) is 3.21. The SMILES string of the molecule is COc1ccc(N=C(C)c2nc3ccccc3[nH]2)cc1. The van der Waals surface area contributed by atoms with E-state index in [0.29, 0.717) is 0 Å². The molecule has 3 rings (SSSR count). The summed E-state index contributed by atoms with van der Waals surface area (Å²) in [5.74, 6) is 1.62. The molecule has 0 aliphatic carbocycles. The number of hydrogen-bond donors (Lipinski definition) is 1. The van der Waals surface area contributed by atoms with Gasteiger partial charge in [0, 0.05) is 0 Å². The minimum Gasteiger partial charge on any atom is -0.497 e. The van der Waals surface area contributed by atoms with Gasteiger partial charge in [-0.25, -0.2) is 9.98 Å². The molecule has 1 heterocycles. The molecule has 0 bridgehead atoms. The normalized spacial score (nSPS) is 11.8. The van der Waals surface area contributed by atoms with Crippen molar-refractivity contribution in [2.45, 2.75) is 6.92 Å². The van der Waals surface area contributed by atoms with Crippen LogP contribution in [0.25, 0.3) is 11.0 Å². The molecule has 0 spiro atoms. The molecule has 0 atom stereocenters. The van der Waals surface area contributed by atoms with Crippen molar-refractivity contribution < 1.29 is 4.74 Å². The molecule has 100 valence electrons. The number of imidazole rings is 1. The van der Waals surface area contributed by atoms with Crippen LogP contribution in [0.5, 0.6) is 5.75 Å². The molecular weight excluding hydrogens is 250 g/mol. The zero-order valence-electron chi connectivity index (χ0n) is 11.4. The van der Waals surface area contributed by atoms with Crippen molar-refractivity contribution in [3.8, 4) is 5.75 Å². The third-order valence-electron chi connectivity index (χ3n) is 3.10. The topological polar surface area (TPSA) is 50.3 Å². The Balaban J connectivity index is 1.93. The van der Waals surface area contributed by atoms with E-state index in [4.69, 9.17) is 4.74 Å². The molecule has 1 N–H and O–H groups in total. The number of benzene rings is 2. The van der Waals surface area contributed by atoms with Crippen LogP contribution in [0.2, 0.25) is 0 Å². The lowest BCUT2D eigenvalue weighted by molar-refractivity contribution is 0.415. The van der Waals surface area contributed by atoms with Crippen molar-refractivity contribution in [1.29, 1.82) is 0 Å². The van der Waals surface area contributed by atoms with E-state index in [1.54, 1.807) is 7.11 Å². The molecule has 1 aromatic heterocycles. The van der Waals surface area contributed by atoms with Gasteiger partial charge in [0.25, 0.3) is 0 Å². The average molecular weight is 265 g/mol. The molecule has 0 aliphatic heterocycles. The molecule has 0 saturated heterocycles. The van der Waals surface area contributed by atoms with Gasteiger partial charge in [0.2, 0.25) is 0 Å². The van der Waals surface area contributed by atoms with E-state index >= 15 is 0 Å². The Labute approximate surface area is 117 Å². The number of aliphatic imine (C=N–C) groups is 1. The fourth-order valence-electron chi connectivity index (χ4n) is 2.03. The number of aromatic nitrogens is 2. The maximum absolute atomic E-state index is 5.13. The fraction of sp³-hybridized carbons (Fsp3) is 0.125. The van der Waals surface area contributed by atoms with Crippen molar-refractivity contribution in [2.24, 2.45) is 4.99 Å². The molecule has 0 radical (unpaired) electrons. The van der Waals surface area contributed by atoms with Gasteiger partial charge in [-0.2, -0.15) is 0 Å². The highest BCUT2D eigenvalue weighted by molar-refractivity contribution is 5.99. The largest absolute Gasteiger partial charge is 0.497 e. The number of methoxy groups -OCH3 is 1. The highest BCUT2D eigenvalue weighted by Crippen LogP contribution is 2.19. The first kappa shape index (κ1) is 12.4. The van der Waals surface area contributed by atoms with E-state index in [-0.39, 0.29) is 0 Å². The first-order valence-electron chi connectivity index (χ1n) is 6.41. The Hall–Kier alpha value is -2.62. The summed E-state index contributed by atoms with van der Waals surface area (Å²) in [5.41, 5.74) is 3.70. The Morgan fingerprint density at radius 1 is 1.10 bits per heavy atom. The minimum absolute atomic E-state index is 0.794. The lowest BCUT2D eigenvalue weighted by Crippen LogP contribution is -1.96. The van der Waals surface area contributed by atoms with Crippen molar-refractivity contribution >= 4 is 22.4 Å². The first-order chi connectivity index (χ1) is 9.76. The van der Waals surface area contributed by atoms with Crippen LogP contribution < -0.4 is 4.74 Å². The maximum Gasteiger partial charge on any atom is 0.152 e. The number of aromatic amines is 1. The van der Waals surface area contributed by atoms with E-state index in [9.17, 15) is 0 Å². The van der Waals surface area contributed by atoms with Gasteiger partial charge in [-0.3, -0.25) is 0 Å². The third-order valence-corrected chi connectivity index (χ3v) is 3.10. The van der Waals surface area contributed by atoms with Crippen LogP contribution in [0.3, 0.4) is 0 Å². The standard InChI is InChI=1S/C16H15N3O/c1-11(17-12-7-9-13(20-2)10-8-12)16-18-14-5-3-4-6-15(14)19-16/h3-10H,1-2H3,(H,18,19). The summed E-state index contributed by atoms with van der Waals surface area (Å²) < 4.78 is 5.13. The van der Waals surface area contributed by atoms with Crippen LogP contribution in [-0.4, -0.2) is 22.8 Å². The minimum atomic E-state index is 0.794. The molecule has 0 unspecified atom stereocenters. The van der Waals surface area contributed by atoms with Crippen molar-refractivity contribution in [1.82, 2.24) is 9.97 Å². The van der Waals surface area contributed by atoms with Crippen molar-refractivity contribution in [2.75, 3.05) is 7.11 Å². The molecule has 4 heteroatoms. The number of hydrogen-bond acceptors (Lipinski definition) is 3. The van der Waals surface area contributed by atoms with Crippen LogP contribution in [0.4, 0.5) is 5.69 Å². The smallest absolute Gasteiger partial charge is 0.152 e. The van der Waals surface area contributed by atoms with E-state index in [2.05, 4.69) is 15.0 Å². The zero-order valence-corrected chi connectivity index (χ0v) is 11.4. The lowest BCUT2D eigenvalue weighted by atomic mass is 10.3. The monoisotopic (exact) mass is 265 g/mol. The number of para-hydroxylation sites is 2. The molecule has 0 aliphatic rings. The van der Waals surface area contributed by atoms with Crippen LogP contribution in [0.15, 0.2) is 53.5 Å². The number of ether oxygens (including phenoxy) is 1. The van der Waals surface area contributed by atoms with Crippen LogP contribution in [-0.2, 0) is 0 Å². The summed E-state index contributed by atoms with van der Waals surface area (Å²) in [4.78, 5) is 12.4. The molecule has 0 amide bonds. The predicted molar refractivity (Wildman–Crippen MR) is 81.0 cm³/mol. The third kappa shape index (κ3) is 2.40. The van der Waals surface area contributed by atoms with E-state index in [1.807, 2.05) is 55.5 Å². The van der Waals surface area contributed by atoms with E-state index in [0.717, 1.165) is 34.0 Å². The second-order valence-electron chi connectivity index (χ2n) is 4.50. The first-order valence-corrected chi connectivity index (χ1v) is 6.41. The molecule has 20 heavy (non-hydrogen) atoms. The summed E-state index contributed by atoms with van der Waals surface area (Å²) in [5, 5.41) is 0. The van der Waals surface area contributed by atoms with Gasteiger partial charge in [-0.05, 0) is 43.3 Å². The van der Waals surface area contributed by atoms with Gasteiger partial charge in [0.05, 0.1) is 29.5 Å². The Morgan fingerprint density at radius 2 is 1.85 bits per heavy atom. The molecule has 4 nitrogen and oxygen atoms in total. The molecule has 2 aromatic carbocycles. The van der Waals surface area contributed by atoms with Gasteiger partial charge >= 0.3 is 0 Å². The number of rotatable bonds is 3. The second kappa shape index (κ2) is 5.17. The van der Waals surface area contributed by atoms with Crippen LogP contribution in [0.1, 0.15) is 12.7 Å². The Bertz CT molecular complexity index is 724. The molecule has 0 fully saturated rings. The van der Waals surface area contributed by atoms with Gasteiger partial charge in [-0.1, -0.05) is 12.1 Å². The van der Waals surface area contributed by atoms with Gasteiger partial charge in [0.15, 0.2) is 5.82 Å². The van der Waals surface area contributed by atoms with E-state index in [1.165, 1.54) is 0 Å².